The topological polar surface area (TPSA) is 94.9 Å². The van der Waals surface area contributed by atoms with Gasteiger partial charge >= 0.3 is 5.97 Å². The Balaban J connectivity index is 0.000000867. The van der Waals surface area contributed by atoms with E-state index in [0.29, 0.717) is 0 Å². The second kappa shape index (κ2) is 17.0. The highest BCUT2D eigenvalue weighted by atomic mass is 32.2. The van der Waals surface area contributed by atoms with Gasteiger partial charge in [-0.25, -0.2) is 0 Å². The summed E-state index contributed by atoms with van der Waals surface area (Å²) in [5.41, 5.74) is 0. The van der Waals surface area contributed by atoms with Gasteiger partial charge in [0.25, 0.3) is 11.8 Å². The van der Waals surface area contributed by atoms with E-state index in [1.54, 1.807) is 25.6 Å². The summed E-state index contributed by atoms with van der Waals surface area (Å²) in [4.78, 5) is 31.5. The van der Waals surface area contributed by atoms with E-state index in [0.717, 1.165) is 9.28 Å². The van der Waals surface area contributed by atoms with Gasteiger partial charge in [0.2, 0.25) is 0 Å². The third-order valence-corrected chi connectivity index (χ3v) is 7.38. The normalized spacial score (nSPS) is 13.9. The van der Waals surface area contributed by atoms with Crippen LogP contribution < -0.4 is 0 Å². The minimum absolute atomic E-state index is 0.148. The zero-order valence-corrected chi connectivity index (χ0v) is 20.9. The summed E-state index contributed by atoms with van der Waals surface area (Å²) in [6.07, 6.45) is 13.7. The number of aliphatic carboxylic acids is 1. The lowest BCUT2D eigenvalue weighted by molar-refractivity contribution is -0.171. The SMILES string of the molecule is CCCCCCCCCCCCSC(=S)SC(C)(C)C(=O)O.O=C1CCC(=O)N1O. The van der Waals surface area contributed by atoms with Gasteiger partial charge in [0.05, 0.1) is 0 Å². The minimum atomic E-state index is -0.818. The summed E-state index contributed by atoms with van der Waals surface area (Å²) < 4.78 is -0.0645. The Bertz CT molecular complexity index is 539. The Labute approximate surface area is 194 Å². The number of rotatable bonds is 13. The fourth-order valence-corrected chi connectivity index (χ4v) is 5.60. The summed E-state index contributed by atoms with van der Waals surface area (Å²) >= 11 is 8.17. The summed E-state index contributed by atoms with van der Waals surface area (Å²) in [6.45, 7) is 5.66. The minimum Gasteiger partial charge on any atom is -0.480 e. The number of carboxylic acid groups (broad SMARTS) is 1. The molecular weight excluding hydrogens is 442 g/mol. The molecule has 0 spiro atoms. The number of nitrogens with zero attached hydrogens (tertiary/aromatic N) is 1. The van der Waals surface area contributed by atoms with E-state index in [-0.39, 0.29) is 17.9 Å². The number of carboxylic acids is 1. The molecule has 0 bridgehead atoms. The second-order valence-electron chi connectivity index (χ2n) is 7.80. The van der Waals surface area contributed by atoms with E-state index < -0.39 is 22.5 Å². The molecule has 0 atom stereocenters. The average molecular weight is 480 g/mol. The molecule has 0 saturated carbocycles. The molecule has 1 heterocycles. The predicted octanol–water partition coefficient (Wildman–Crippen LogP) is 6.05. The summed E-state index contributed by atoms with van der Waals surface area (Å²) in [7, 11) is 0. The largest absolute Gasteiger partial charge is 0.480 e. The van der Waals surface area contributed by atoms with Crippen molar-refractivity contribution in [3.8, 4) is 0 Å². The van der Waals surface area contributed by atoms with Crippen molar-refractivity contribution in [1.82, 2.24) is 5.06 Å². The number of hydroxylamine groups is 2. The van der Waals surface area contributed by atoms with Crippen molar-refractivity contribution in [2.45, 2.75) is 103 Å². The number of imide groups is 1. The third-order valence-electron chi connectivity index (χ3n) is 4.60. The highest BCUT2D eigenvalue weighted by Gasteiger charge is 2.29. The second-order valence-corrected chi connectivity index (χ2v) is 11.7. The molecule has 1 rings (SSSR count). The lowest BCUT2D eigenvalue weighted by Crippen LogP contribution is -2.28. The monoisotopic (exact) mass is 479 g/mol. The van der Waals surface area contributed by atoms with Crippen LogP contribution in [0.5, 0.6) is 0 Å². The number of thiocarbonyl (C=S) groups is 1. The first kappa shape index (κ1) is 29.4. The summed E-state index contributed by atoms with van der Waals surface area (Å²) in [5.74, 6) is -0.803. The molecule has 9 heteroatoms. The molecule has 0 aromatic heterocycles. The lowest BCUT2D eigenvalue weighted by atomic mass is 10.1. The maximum atomic E-state index is 11.0. The zero-order chi connectivity index (χ0) is 23.0. The number of carbonyl (C=O) groups excluding carboxylic acids is 2. The van der Waals surface area contributed by atoms with Gasteiger partial charge in [-0.3, -0.25) is 19.6 Å². The molecule has 0 unspecified atom stereocenters. The van der Waals surface area contributed by atoms with Crippen molar-refractivity contribution in [2.75, 3.05) is 5.75 Å². The molecule has 30 heavy (non-hydrogen) atoms. The van der Waals surface area contributed by atoms with E-state index in [1.165, 1.54) is 76.0 Å². The van der Waals surface area contributed by atoms with E-state index in [9.17, 15) is 14.4 Å². The molecule has 1 fully saturated rings. The lowest BCUT2D eigenvalue weighted by Gasteiger charge is -2.18. The smallest absolute Gasteiger partial charge is 0.319 e. The maximum absolute atomic E-state index is 11.0. The Morgan fingerprint density at radius 3 is 1.77 bits per heavy atom. The number of amides is 2. The van der Waals surface area contributed by atoms with Gasteiger partial charge < -0.3 is 5.11 Å². The molecule has 0 aromatic carbocycles. The van der Waals surface area contributed by atoms with Crippen molar-refractivity contribution in [3.05, 3.63) is 0 Å². The van der Waals surface area contributed by atoms with Gasteiger partial charge in [0, 0.05) is 12.8 Å². The van der Waals surface area contributed by atoms with Crippen LogP contribution in [0.1, 0.15) is 97.8 Å². The van der Waals surface area contributed by atoms with Crippen LogP contribution in [0.4, 0.5) is 0 Å². The van der Waals surface area contributed by atoms with E-state index >= 15 is 0 Å². The van der Waals surface area contributed by atoms with Crippen molar-refractivity contribution in [1.29, 1.82) is 0 Å². The van der Waals surface area contributed by atoms with Crippen molar-refractivity contribution >= 4 is 57.1 Å². The molecule has 1 aliphatic rings. The molecule has 2 N–H and O–H groups in total. The van der Waals surface area contributed by atoms with Crippen molar-refractivity contribution < 1.29 is 24.7 Å². The van der Waals surface area contributed by atoms with Crippen LogP contribution in [0.2, 0.25) is 0 Å². The molecule has 0 radical (unpaired) electrons. The number of hydrogen-bond acceptors (Lipinski definition) is 7. The van der Waals surface area contributed by atoms with Crippen LogP contribution in [0, 0.1) is 0 Å². The van der Waals surface area contributed by atoms with Gasteiger partial charge in [-0.05, 0) is 26.0 Å². The summed E-state index contributed by atoms with van der Waals surface area (Å²) in [6, 6.07) is 0. The first-order valence-corrected chi connectivity index (χ1v) is 13.0. The van der Waals surface area contributed by atoms with Gasteiger partial charge in [-0.1, -0.05) is 88.7 Å². The Hall–Kier alpha value is -0.640. The first-order valence-electron chi connectivity index (χ1n) is 10.8. The van der Waals surface area contributed by atoms with Crippen LogP contribution in [-0.2, 0) is 14.4 Å². The van der Waals surface area contributed by atoms with E-state index in [4.69, 9.17) is 22.5 Å². The highest BCUT2D eigenvalue weighted by Crippen LogP contribution is 2.31. The van der Waals surface area contributed by atoms with Crippen LogP contribution in [0.25, 0.3) is 0 Å². The first-order chi connectivity index (χ1) is 14.1. The van der Waals surface area contributed by atoms with Gasteiger partial charge in [0.15, 0.2) is 0 Å². The Morgan fingerprint density at radius 2 is 1.40 bits per heavy atom. The summed E-state index contributed by atoms with van der Waals surface area (Å²) in [5, 5.41) is 17.6. The van der Waals surface area contributed by atoms with Gasteiger partial charge in [-0.15, -0.1) is 11.8 Å². The molecule has 0 aromatic rings. The molecule has 1 saturated heterocycles. The van der Waals surface area contributed by atoms with E-state index in [2.05, 4.69) is 6.92 Å². The van der Waals surface area contributed by atoms with Crippen LogP contribution in [-0.4, -0.2) is 47.2 Å². The fraction of sp³-hybridized carbons (Fsp3) is 0.810. The van der Waals surface area contributed by atoms with Gasteiger partial charge in [-0.2, -0.15) is 5.06 Å². The molecule has 0 aliphatic carbocycles. The number of unbranched alkanes of at least 4 members (excludes halogenated alkanes) is 9. The molecule has 2 amide bonds. The standard InChI is InChI=1S/C17H32O2S3.C4H5NO3/c1-4-5-6-7-8-9-10-11-12-13-14-21-16(20)22-17(2,3)15(18)19;6-3-1-2-4(7)5(3)8/h4-14H2,1-3H3,(H,18,19);8H,1-2H2. The molecular formula is C21H37NO5S3. The predicted molar refractivity (Wildman–Crippen MR) is 129 cm³/mol. The fourth-order valence-electron chi connectivity index (χ4n) is 2.59. The van der Waals surface area contributed by atoms with Gasteiger partial charge in [0.1, 0.15) is 8.28 Å². The van der Waals surface area contributed by atoms with Crippen LogP contribution >= 0.6 is 35.7 Å². The van der Waals surface area contributed by atoms with Crippen molar-refractivity contribution in [2.24, 2.45) is 0 Å². The number of thioether (sulfide) groups is 2. The molecule has 6 nitrogen and oxygen atoms in total. The zero-order valence-electron chi connectivity index (χ0n) is 18.5. The van der Waals surface area contributed by atoms with E-state index in [1.807, 2.05) is 0 Å². The highest BCUT2D eigenvalue weighted by molar-refractivity contribution is 8.47. The van der Waals surface area contributed by atoms with Crippen LogP contribution in [0.15, 0.2) is 0 Å². The molecule has 1 aliphatic heterocycles. The third kappa shape index (κ3) is 14.4. The van der Waals surface area contributed by atoms with Crippen LogP contribution in [0.3, 0.4) is 0 Å². The molecule has 174 valence electrons. The Morgan fingerprint density at radius 1 is 0.967 bits per heavy atom. The number of hydrogen-bond donors (Lipinski definition) is 2. The Kier molecular flexibility index (Phi) is 16.6. The number of carbonyl (C=O) groups is 3. The van der Waals surface area contributed by atoms with Crippen molar-refractivity contribution in [3.63, 3.8) is 0 Å². The quantitative estimate of drug-likeness (QED) is 0.143. The average Bonchev–Trinajstić information content (AvgIpc) is 2.97. The maximum Gasteiger partial charge on any atom is 0.319 e.